The van der Waals surface area contributed by atoms with Gasteiger partial charge in [-0.05, 0) is 56.3 Å². The van der Waals surface area contributed by atoms with Crippen molar-refractivity contribution in [2.75, 3.05) is 13.2 Å². The number of halogens is 1. The van der Waals surface area contributed by atoms with E-state index in [0.717, 1.165) is 16.9 Å². The van der Waals surface area contributed by atoms with E-state index in [-0.39, 0.29) is 12.7 Å². The highest BCUT2D eigenvalue weighted by Crippen LogP contribution is 2.31. The second kappa shape index (κ2) is 8.88. The van der Waals surface area contributed by atoms with Gasteiger partial charge in [0.05, 0.1) is 17.7 Å². The molecule has 0 unspecified atom stereocenters. The minimum Gasteiger partial charge on any atom is -0.494 e. The molecule has 2 aromatic carbocycles. The number of hydrogen-bond acceptors (Lipinski definition) is 6. The molecule has 7 heteroatoms. The van der Waals surface area contributed by atoms with Crippen LogP contribution >= 0.6 is 11.6 Å². The zero-order chi connectivity index (χ0) is 19.2. The zero-order valence-corrected chi connectivity index (χ0v) is 15.9. The summed E-state index contributed by atoms with van der Waals surface area (Å²) >= 11 is 6.28. The van der Waals surface area contributed by atoms with Crippen LogP contribution in [0.3, 0.4) is 0 Å². The van der Waals surface area contributed by atoms with E-state index in [1.807, 2.05) is 44.2 Å². The molecule has 142 valence electrons. The molecular formula is C20H21ClN2O4. The van der Waals surface area contributed by atoms with Gasteiger partial charge in [0, 0.05) is 24.2 Å². The van der Waals surface area contributed by atoms with Crippen molar-refractivity contribution in [3.05, 3.63) is 47.5 Å². The lowest BCUT2D eigenvalue weighted by atomic mass is 10.2. The summed E-state index contributed by atoms with van der Waals surface area (Å²) in [6.07, 6.45) is 0.638. The van der Waals surface area contributed by atoms with Gasteiger partial charge in [0.15, 0.2) is 0 Å². The van der Waals surface area contributed by atoms with Crippen molar-refractivity contribution in [3.8, 4) is 34.3 Å². The Hall–Kier alpha value is -2.57. The number of aliphatic hydroxyl groups excluding tert-OH is 1. The Kier molecular flexibility index (Phi) is 6.32. The molecule has 0 aliphatic rings. The molecular weight excluding hydrogens is 368 g/mol. The van der Waals surface area contributed by atoms with E-state index < -0.39 is 0 Å². The number of benzene rings is 2. The van der Waals surface area contributed by atoms with Crippen molar-refractivity contribution in [2.45, 2.75) is 26.4 Å². The van der Waals surface area contributed by atoms with E-state index in [4.69, 9.17) is 30.7 Å². The summed E-state index contributed by atoms with van der Waals surface area (Å²) in [5, 5.41) is 13.3. The Labute approximate surface area is 162 Å². The predicted octanol–water partition coefficient (Wildman–Crippen LogP) is 4.61. The van der Waals surface area contributed by atoms with Gasteiger partial charge in [-0.1, -0.05) is 16.8 Å². The van der Waals surface area contributed by atoms with Crippen LogP contribution in [0, 0.1) is 0 Å². The van der Waals surface area contributed by atoms with Crippen molar-refractivity contribution in [1.82, 2.24) is 10.1 Å². The lowest BCUT2D eigenvalue weighted by Crippen LogP contribution is -2.05. The number of aromatic nitrogens is 2. The summed E-state index contributed by atoms with van der Waals surface area (Å²) in [5.74, 6) is 2.20. The van der Waals surface area contributed by atoms with Gasteiger partial charge in [0.2, 0.25) is 5.82 Å². The van der Waals surface area contributed by atoms with Crippen LogP contribution < -0.4 is 9.47 Å². The van der Waals surface area contributed by atoms with Crippen molar-refractivity contribution < 1.29 is 19.1 Å². The molecule has 0 radical (unpaired) electrons. The zero-order valence-electron chi connectivity index (χ0n) is 15.2. The molecule has 3 rings (SSSR count). The van der Waals surface area contributed by atoms with E-state index in [0.29, 0.717) is 35.5 Å². The number of nitrogens with zero attached hydrogens (tertiary/aromatic N) is 2. The van der Waals surface area contributed by atoms with Crippen molar-refractivity contribution in [1.29, 1.82) is 0 Å². The molecule has 0 aliphatic heterocycles. The Balaban J connectivity index is 1.74. The standard InChI is InChI=1S/C20H21ClN2O4/c1-13(2)26-18-9-6-15(12-17(18)21)19-22-20(27-23-19)14-4-7-16(8-5-14)25-11-3-10-24/h4-9,12-13,24H,3,10-11H2,1-2H3. The Morgan fingerprint density at radius 2 is 1.85 bits per heavy atom. The van der Waals surface area contributed by atoms with Gasteiger partial charge in [-0.2, -0.15) is 4.98 Å². The molecule has 1 heterocycles. The summed E-state index contributed by atoms with van der Waals surface area (Å²) < 4.78 is 16.5. The molecule has 0 spiro atoms. The van der Waals surface area contributed by atoms with E-state index >= 15 is 0 Å². The van der Waals surface area contributed by atoms with Crippen LogP contribution in [0.5, 0.6) is 11.5 Å². The van der Waals surface area contributed by atoms with Crippen LogP contribution in [0.2, 0.25) is 5.02 Å². The van der Waals surface area contributed by atoms with Gasteiger partial charge < -0.3 is 19.1 Å². The second-order valence-corrected chi connectivity index (χ2v) is 6.59. The quantitative estimate of drug-likeness (QED) is 0.568. The molecule has 0 saturated heterocycles. The van der Waals surface area contributed by atoms with E-state index in [9.17, 15) is 0 Å². The average molecular weight is 389 g/mol. The van der Waals surface area contributed by atoms with Crippen molar-refractivity contribution in [2.24, 2.45) is 0 Å². The van der Waals surface area contributed by atoms with Crippen molar-refractivity contribution in [3.63, 3.8) is 0 Å². The molecule has 0 atom stereocenters. The first-order chi connectivity index (χ1) is 13.1. The van der Waals surface area contributed by atoms with E-state index in [1.54, 1.807) is 12.1 Å². The maximum atomic E-state index is 8.78. The molecule has 1 aromatic heterocycles. The number of rotatable bonds is 8. The maximum absolute atomic E-state index is 8.78. The van der Waals surface area contributed by atoms with Crippen LogP contribution in [-0.2, 0) is 0 Å². The third-order valence-electron chi connectivity index (χ3n) is 3.65. The summed E-state index contributed by atoms with van der Waals surface area (Å²) in [7, 11) is 0. The monoisotopic (exact) mass is 388 g/mol. The highest BCUT2D eigenvalue weighted by Gasteiger charge is 2.13. The molecule has 6 nitrogen and oxygen atoms in total. The maximum Gasteiger partial charge on any atom is 0.258 e. The first-order valence-electron chi connectivity index (χ1n) is 8.71. The predicted molar refractivity (Wildman–Crippen MR) is 103 cm³/mol. The van der Waals surface area contributed by atoms with Crippen LogP contribution in [0.15, 0.2) is 47.0 Å². The third-order valence-corrected chi connectivity index (χ3v) is 3.95. The molecule has 0 saturated carbocycles. The largest absolute Gasteiger partial charge is 0.494 e. The molecule has 0 amide bonds. The Bertz CT molecular complexity index is 878. The molecule has 1 N–H and O–H groups in total. The fourth-order valence-electron chi connectivity index (χ4n) is 2.40. The highest BCUT2D eigenvalue weighted by molar-refractivity contribution is 6.32. The fraction of sp³-hybridized carbons (Fsp3) is 0.300. The minimum absolute atomic E-state index is 0.0423. The third kappa shape index (κ3) is 4.99. The Morgan fingerprint density at radius 1 is 1.11 bits per heavy atom. The molecule has 0 bridgehead atoms. The molecule has 0 aliphatic carbocycles. The van der Waals surface area contributed by atoms with Crippen LogP contribution in [-0.4, -0.2) is 34.6 Å². The van der Waals surface area contributed by atoms with Gasteiger partial charge in [-0.25, -0.2) is 0 Å². The lowest BCUT2D eigenvalue weighted by molar-refractivity contribution is 0.233. The topological polar surface area (TPSA) is 77.6 Å². The molecule has 27 heavy (non-hydrogen) atoms. The lowest BCUT2D eigenvalue weighted by Gasteiger charge is -2.11. The molecule has 3 aromatic rings. The first-order valence-corrected chi connectivity index (χ1v) is 9.09. The van der Waals surface area contributed by atoms with Gasteiger partial charge >= 0.3 is 0 Å². The van der Waals surface area contributed by atoms with E-state index in [1.165, 1.54) is 0 Å². The molecule has 0 fully saturated rings. The second-order valence-electron chi connectivity index (χ2n) is 6.18. The van der Waals surface area contributed by atoms with Crippen molar-refractivity contribution >= 4 is 11.6 Å². The number of hydrogen-bond donors (Lipinski definition) is 1. The number of ether oxygens (including phenoxy) is 2. The van der Waals surface area contributed by atoms with Gasteiger partial charge in [-0.15, -0.1) is 0 Å². The van der Waals surface area contributed by atoms with Gasteiger partial charge in [-0.3, -0.25) is 0 Å². The number of aliphatic hydroxyl groups is 1. The van der Waals surface area contributed by atoms with Gasteiger partial charge in [0.25, 0.3) is 5.89 Å². The highest BCUT2D eigenvalue weighted by atomic mass is 35.5. The SMILES string of the molecule is CC(C)Oc1ccc(-c2noc(-c3ccc(OCCCO)cc3)n2)cc1Cl. The minimum atomic E-state index is 0.0423. The Morgan fingerprint density at radius 3 is 2.52 bits per heavy atom. The summed E-state index contributed by atoms with van der Waals surface area (Å²) in [5.41, 5.74) is 1.53. The summed E-state index contributed by atoms with van der Waals surface area (Å²) in [4.78, 5) is 4.44. The van der Waals surface area contributed by atoms with Crippen LogP contribution in [0.4, 0.5) is 0 Å². The van der Waals surface area contributed by atoms with Crippen LogP contribution in [0.25, 0.3) is 22.8 Å². The normalized spacial score (nSPS) is 11.0. The summed E-state index contributed by atoms with van der Waals surface area (Å²) in [6, 6.07) is 12.7. The summed E-state index contributed by atoms with van der Waals surface area (Å²) in [6.45, 7) is 4.46. The van der Waals surface area contributed by atoms with Gasteiger partial charge in [0.1, 0.15) is 11.5 Å². The first kappa shape index (κ1) is 19.2. The van der Waals surface area contributed by atoms with Crippen LogP contribution in [0.1, 0.15) is 20.3 Å². The fourth-order valence-corrected chi connectivity index (χ4v) is 2.62. The average Bonchev–Trinajstić information content (AvgIpc) is 3.14. The van der Waals surface area contributed by atoms with E-state index in [2.05, 4.69) is 10.1 Å². The smallest absolute Gasteiger partial charge is 0.258 e.